The van der Waals surface area contributed by atoms with Gasteiger partial charge in [0, 0.05) is 5.56 Å². The molecule has 1 saturated carbocycles. The lowest BCUT2D eigenvalue weighted by Gasteiger charge is -2.17. The second-order valence-corrected chi connectivity index (χ2v) is 6.55. The molecule has 5 heteroatoms. The number of nitrogens with zero attached hydrogens (tertiary/aromatic N) is 1. The van der Waals surface area contributed by atoms with Gasteiger partial charge in [-0.25, -0.2) is 0 Å². The van der Waals surface area contributed by atoms with Crippen LogP contribution in [0.3, 0.4) is 0 Å². The van der Waals surface area contributed by atoms with Gasteiger partial charge in [0.05, 0.1) is 18.4 Å². The molecule has 0 aromatic heterocycles. The van der Waals surface area contributed by atoms with E-state index in [9.17, 15) is 9.59 Å². The molecule has 1 aromatic carbocycles. The van der Waals surface area contributed by atoms with Gasteiger partial charge in [0.15, 0.2) is 0 Å². The van der Waals surface area contributed by atoms with Crippen molar-refractivity contribution < 1.29 is 9.59 Å². The number of carbonyl (C=O) groups excluding carboxylic acids is 2. The standard InChI is InChI=1S/C16H18N2O2S/c1-9-6-12-13(7-9)16(20)18(15(12)19)8-10-2-4-11(5-3-10)14(17)21/h2-5,9,12-13H,6-8H2,1H3,(H2,17,21). The minimum atomic E-state index is -0.0941. The van der Waals surface area contributed by atoms with E-state index in [4.69, 9.17) is 18.0 Å². The lowest BCUT2D eigenvalue weighted by atomic mass is 10.00. The highest BCUT2D eigenvalue weighted by Crippen LogP contribution is 2.43. The van der Waals surface area contributed by atoms with Crippen molar-refractivity contribution in [2.75, 3.05) is 0 Å². The molecule has 0 spiro atoms. The van der Waals surface area contributed by atoms with E-state index in [0.717, 1.165) is 24.0 Å². The molecule has 2 aliphatic rings. The van der Waals surface area contributed by atoms with Crippen LogP contribution in [0.15, 0.2) is 24.3 Å². The Labute approximate surface area is 129 Å². The molecule has 2 unspecified atom stereocenters. The maximum Gasteiger partial charge on any atom is 0.233 e. The highest BCUT2D eigenvalue weighted by atomic mass is 32.1. The van der Waals surface area contributed by atoms with E-state index in [1.54, 1.807) is 0 Å². The van der Waals surface area contributed by atoms with Crippen molar-refractivity contribution in [3.05, 3.63) is 35.4 Å². The Bertz CT molecular complexity index is 587. The maximum absolute atomic E-state index is 12.4. The number of likely N-dealkylation sites (tertiary alicyclic amines) is 1. The van der Waals surface area contributed by atoms with Gasteiger partial charge in [0.2, 0.25) is 11.8 Å². The first kappa shape index (κ1) is 14.2. The number of thiocarbonyl (C=S) groups is 1. The molecule has 2 atom stereocenters. The Kier molecular flexibility index (Phi) is 3.53. The largest absolute Gasteiger partial charge is 0.389 e. The van der Waals surface area contributed by atoms with Gasteiger partial charge in [-0.1, -0.05) is 43.4 Å². The molecule has 3 rings (SSSR count). The topological polar surface area (TPSA) is 63.4 Å². The predicted octanol–water partition coefficient (Wildman–Crippen LogP) is 1.85. The van der Waals surface area contributed by atoms with Crippen LogP contribution in [-0.2, 0) is 16.1 Å². The minimum Gasteiger partial charge on any atom is -0.389 e. The summed E-state index contributed by atoms with van der Waals surface area (Å²) in [6, 6.07) is 7.38. The van der Waals surface area contributed by atoms with Crippen LogP contribution in [0.25, 0.3) is 0 Å². The van der Waals surface area contributed by atoms with Gasteiger partial charge in [0.1, 0.15) is 4.99 Å². The molecule has 1 aromatic rings. The Hall–Kier alpha value is -1.75. The number of hydrogen-bond donors (Lipinski definition) is 1. The fourth-order valence-corrected chi connectivity index (χ4v) is 3.60. The Morgan fingerprint density at radius 1 is 1.19 bits per heavy atom. The number of fused-ring (bicyclic) bond motifs is 1. The summed E-state index contributed by atoms with van der Waals surface area (Å²) >= 11 is 4.91. The van der Waals surface area contributed by atoms with Gasteiger partial charge < -0.3 is 5.73 Å². The van der Waals surface area contributed by atoms with E-state index < -0.39 is 0 Å². The number of amides is 2. The molecule has 0 bridgehead atoms. The lowest BCUT2D eigenvalue weighted by molar-refractivity contribution is -0.141. The molecular formula is C16H18N2O2S. The molecule has 110 valence electrons. The first-order valence-corrected chi connectivity index (χ1v) is 7.62. The van der Waals surface area contributed by atoms with Crippen LogP contribution >= 0.6 is 12.2 Å². The molecule has 21 heavy (non-hydrogen) atoms. The SMILES string of the molecule is CC1CC2C(=O)N(Cc3ccc(C(N)=S)cc3)C(=O)C2C1. The predicted molar refractivity (Wildman–Crippen MR) is 83.3 cm³/mol. The summed E-state index contributed by atoms with van der Waals surface area (Å²) < 4.78 is 0. The Morgan fingerprint density at radius 3 is 2.19 bits per heavy atom. The third kappa shape index (κ3) is 2.46. The number of hydrogen-bond acceptors (Lipinski definition) is 3. The van der Waals surface area contributed by atoms with E-state index in [1.165, 1.54) is 4.90 Å². The van der Waals surface area contributed by atoms with E-state index in [2.05, 4.69) is 6.92 Å². The first-order chi connectivity index (χ1) is 9.97. The van der Waals surface area contributed by atoms with Crippen molar-refractivity contribution in [2.45, 2.75) is 26.3 Å². The van der Waals surface area contributed by atoms with Crippen LogP contribution in [0.4, 0.5) is 0 Å². The average Bonchev–Trinajstić information content (AvgIpc) is 2.93. The second kappa shape index (κ2) is 5.22. The molecule has 1 aliphatic heterocycles. The van der Waals surface area contributed by atoms with Crippen molar-refractivity contribution in [3.8, 4) is 0 Å². The summed E-state index contributed by atoms with van der Waals surface area (Å²) in [5.74, 6) is 0.271. The van der Waals surface area contributed by atoms with E-state index in [0.29, 0.717) is 17.5 Å². The molecule has 2 amide bonds. The van der Waals surface area contributed by atoms with E-state index in [-0.39, 0.29) is 23.7 Å². The molecule has 2 fully saturated rings. The molecule has 2 N–H and O–H groups in total. The minimum absolute atomic E-state index is 0.00669. The van der Waals surface area contributed by atoms with Crippen LogP contribution in [0, 0.1) is 17.8 Å². The zero-order chi connectivity index (χ0) is 15.1. The van der Waals surface area contributed by atoms with Crippen LogP contribution in [-0.4, -0.2) is 21.7 Å². The third-order valence-corrected chi connectivity index (χ3v) is 4.78. The van der Waals surface area contributed by atoms with Crippen LogP contribution in [0.2, 0.25) is 0 Å². The zero-order valence-corrected chi connectivity index (χ0v) is 12.7. The van der Waals surface area contributed by atoms with Gasteiger partial charge in [-0.15, -0.1) is 0 Å². The summed E-state index contributed by atoms with van der Waals surface area (Å²) in [6.45, 7) is 2.45. The van der Waals surface area contributed by atoms with E-state index in [1.807, 2.05) is 24.3 Å². The first-order valence-electron chi connectivity index (χ1n) is 7.21. The van der Waals surface area contributed by atoms with E-state index >= 15 is 0 Å². The molecule has 1 heterocycles. The molecule has 1 saturated heterocycles. The fourth-order valence-electron chi connectivity index (χ4n) is 3.46. The average molecular weight is 302 g/mol. The number of imide groups is 1. The van der Waals surface area contributed by atoms with Gasteiger partial charge in [-0.3, -0.25) is 14.5 Å². The zero-order valence-electron chi connectivity index (χ0n) is 11.9. The number of nitrogens with two attached hydrogens (primary N) is 1. The van der Waals surface area contributed by atoms with Gasteiger partial charge in [-0.2, -0.15) is 0 Å². The number of carbonyl (C=O) groups is 2. The smallest absolute Gasteiger partial charge is 0.233 e. The summed E-state index contributed by atoms with van der Waals surface area (Å²) in [4.78, 5) is 26.5. The highest BCUT2D eigenvalue weighted by Gasteiger charge is 2.51. The molecular weight excluding hydrogens is 284 g/mol. The number of rotatable bonds is 3. The third-order valence-electron chi connectivity index (χ3n) is 4.54. The Balaban J connectivity index is 1.75. The number of benzene rings is 1. The van der Waals surface area contributed by atoms with Crippen LogP contribution < -0.4 is 5.73 Å². The van der Waals surface area contributed by atoms with Crippen molar-refractivity contribution in [2.24, 2.45) is 23.5 Å². The lowest BCUT2D eigenvalue weighted by Crippen LogP contribution is -2.31. The molecule has 4 nitrogen and oxygen atoms in total. The second-order valence-electron chi connectivity index (χ2n) is 6.11. The van der Waals surface area contributed by atoms with Crippen LogP contribution in [0.1, 0.15) is 30.9 Å². The summed E-state index contributed by atoms with van der Waals surface area (Å²) in [7, 11) is 0. The van der Waals surface area contributed by atoms with Crippen molar-refractivity contribution in [1.82, 2.24) is 4.90 Å². The Morgan fingerprint density at radius 2 is 1.71 bits per heavy atom. The van der Waals surface area contributed by atoms with Crippen molar-refractivity contribution in [3.63, 3.8) is 0 Å². The van der Waals surface area contributed by atoms with Crippen molar-refractivity contribution >= 4 is 29.0 Å². The monoisotopic (exact) mass is 302 g/mol. The quantitative estimate of drug-likeness (QED) is 0.684. The molecule has 1 aliphatic carbocycles. The van der Waals surface area contributed by atoms with Gasteiger partial charge >= 0.3 is 0 Å². The van der Waals surface area contributed by atoms with Crippen LogP contribution in [0.5, 0.6) is 0 Å². The van der Waals surface area contributed by atoms with Crippen molar-refractivity contribution in [1.29, 1.82) is 0 Å². The van der Waals surface area contributed by atoms with Gasteiger partial charge in [-0.05, 0) is 24.3 Å². The highest BCUT2D eigenvalue weighted by molar-refractivity contribution is 7.80. The summed E-state index contributed by atoms with van der Waals surface area (Å²) in [5.41, 5.74) is 7.27. The maximum atomic E-state index is 12.4. The molecule has 0 radical (unpaired) electrons. The summed E-state index contributed by atoms with van der Waals surface area (Å²) in [6.07, 6.45) is 1.68. The summed E-state index contributed by atoms with van der Waals surface area (Å²) in [5, 5.41) is 0. The normalized spacial score (nSPS) is 28.0. The fraction of sp³-hybridized carbons (Fsp3) is 0.438. The van der Waals surface area contributed by atoms with Gasteiger partial charge in [0.25, 0.3) is 0 Å².